The van der Waals surface area contributed by atoms with Gasteiger partial charge in [0.25, 0.3) is 0 Å². The van der Waals surface area contributed by atoms with Crippen LogP contribution in [-0.4, -0.2) is 4.98 Å². The molecule has 0 saturated heterocycles. The molecule has 0 bridgehead atoms. The lowest BCUT2D eigenvalue weighted by atomic mass is 10.2. The number of rotatable bonds is 3. The molecule has 0 spiro atoms. The third kappa shape index (κ3) is 3.28. The Bertz CT molecular complexity index is 494. The molecule has 2 nitrogen and oxygen atoms in total. The fourth-order valence-electron chi connectivity index (χ4n) is 1.32. The van der Waals surface area contributed by atoms with Crippen LogP contribution in [-0.2, 0) is 5.75 Å². The molecule has 2 N–H and O–H groups in total. The molecule has 0 amide bonds. The van der Waals surface area contributed by atoms with Gasteiger partial charge in [-0.2, -0.15) is 0 Å². The first kappa shape index (κ1) is 12.6. The Morgan fingerprint density at radius 2 is 2.00 bits per heavy atom. The molecule has 0 aliphatic rings. The van der Waals surface area contributed by atoms with Crippen LogP contribution in [0.4, 0.5) is 5.69 Å². The van der Waals surface area contributed by atoms with Gasteiger partial charge in [0.05, 0.1) is 10.0 Å². The molecular weight excluding hydrogens is 275 g/mol. The van der Waals surface area contributed by atoms with Gasteiger partial charge in [0, 0.05) is 28.2 Å². The van der Waals surface area contributed by atoms with Gasteiger partial charge in [-0.3, -0.25) is 0 Å². The molecule has 2 aromatic rings. The van der Waals surface area contributed by atoms with Gasteiger partial charge in [-0.1, -0.05) is 29.3 Å². The van der Waals surface area contributed by atoms with Crippen molar-refractivity contribution in [3.63, 3.8) is 0 Å². The highest BCUT2D eigenvalue weighted by atomic mass is 35.5. The van der Waals surface area contributed by atoms with Crippen molar-refractivity contribution in [2.24, 2.45) is 0 Å². The zero-order valence-corrected chi connectivity index (χ0v) is 11.2. The Kier molecular flexibility index (Phi) is 4.15. The van der Waals surface area contributed by atoms with Gasteiger partial charge in [-0.05, 0) is 24.3 Å². The maximum absolute atomic E-state index is 6.09. The van der Waals surface area contributed by atoms with Crippen LogP contribution >= 0.6 is 35.0 Å². The lowest BCUT2D eigenvalue weighted by Gasteiger charge is -2.07. The van der Waals surface area contributed by atoms with E-state index in [4.69, 9.17) is 28.9 Å². The zero-order chi connectivity index (χ0) is 12.3. The summed E-state index contributed by atoms with van der Waals surface area (Å²) in [6.07, 6.45) is 1.62. The monoisotopic (exact) mass is 284 g/mol. The number of anilines is 1. The predicted octanol–water partition coefficient (Wildman–Crippen LogP) is 4.26. The van der Waals surface area contributed by atoms with E-state index in [9.17, 15) is 0 Å². The highest BCUT2D eigenvalue weighted by Crippen LogP contribution is 2.29. The van der Waals surface area contributed by atoms with Crippen molar-refractivity contribution in [3.8, 4) is 0 Å². The van der Waals surface area contributed by atoms with Crippen LogP contribution < -0.4 is 5.73 Å². The molecule has 0 radical (unpaired) electrons. The van der Waals surface area contributed by atoms with E-state index in [0.717, 1.165) is 10.6 Å². The van der Waals surface area contributed by atoms with Crippen molar-refractivity contribution in [2.75, 3.05) is 5.73 Å². The van der Waals surface area contributed by atoms with Crippen molar-refractivity contribution >= 4 is 40.7 Å². The molecule has 0 aliphatic carbocycles. The smallest absolute Gasteiger partial charge is 0.0964 e. The molecule has 17 heavy (non-hydrogen) atoms. The Morgan fingerprint density at radius 1 is 1.18 bits per heavy atom. The van der Waals surface area contributed by atoms with E-state index in [1.807, 2.05) is 30.3 Å². The first-order valence-electron chi connectivity index (χ1n) is 4.94. The van der Waals surface area contributed by atoms with Gasteiger partial charge in [0.1, 0.15) is 0 Å². The van der Waals surface area contributed by atoms with E-state index >= 15 is 0 Å². The average Bonchev–Trinajstić information content (AvgIpc) is 2.31. The predicted molar refractivity (Wildman–Crippen MR) is 74.7 cm³/mol. The summed E-state index contributed by atoms with van der Waals surface area (Å²) in [6.45, 7) is 0. The number of nitrogens with two attached hydrogens (primary N) is 1. The van der Waals surface area contributed by atoms with Crippen LogP contribution in [0.3, 0.4) is 0 Å². The minimum atomic E-state index is 0.631. The minimum Gasteiger partial charge on any atom is -0.398 e. The Hall–Kier alpha value is -0.900. The number of nitrogen functional groups attached to an aromatic ring is 1. The summed E-state index contributed by atoms with van der Waals surface area (Å²) in [7, 11) is 0. The average molecular weight is 285 g/mol. The molecular formula is C12H10Cl2N2S. The Balaban J connectivity index is 2.10. The van der Waals surface area contributed by atoms with Crippen molar-refractivity contribution in [2.45, 2.75) is 10.8 Å². The Labute approximate surface area is 114 Å². The summed E-state index contributed by atoms with van der Waals surface area (Å²) in [5, 5.41) is 2.21. The topological polar surface area (TPSA) is 38.9 Å². The van der Waals surface area contributed by atoms with Gasteiger partial charge in [-0.25, -0.2) is 4.98 Å². The molecule has 0 saturated carbocycles. The van der Waals surface area contributed by atoms with Crippen LogP contribution in [0, 0.1) is 0 Å². The number of nitrogens with zero attached hydrogens (tertiary/aromatic N) is 1. The first-order valence-corrected chi connectivity index (χ1v) is 6.68. The van der Waals surface area contributed by atoms with Crippen LogP contribution in [0.15, 0.2) is 41.6 Å². The van der Waals surface area contributed by atoms with E-state index in [0.29, 0.717) is 21.5 Å². The largest absolute Gasteiger partial charge is 0.398 e. The summed E-state index contributed by atoms with van der Waals surface area (Å²) in [6, 6.07) is 9.21. The SMILES string of the molecule is Nc1cccc(Cl)c1CSc1ccc(Cl)cn1. The summed E-state index contributed by atoms with van der Waals surface area (Å²) in [4.78, 5) is 4.20. The van der Waals surface area contributed by atoms with E-state index in [-0.39, 0.29) is 0 Å². The maximum Gasteiger partial charge on any atom is 0.0964 e. The number of pyridine rings is 1. The molecule has 1 aromatic carbocycles. The number of halogens is 2. The number of benzene rings is 1. The number of hydrogen-bond acceptors (Lipinski definition) is 3. The molecule has 0 atom stereocenters. The summed E-state index contributed by atoms with van der Waals surface area (Å²) in [5.74, 6) is 0.695. The molecule has 0 aliphatic heterocycles. The van der Waals surface area contributed by atoms with Gasteiger partial charge in [0.2, 0.25) is 0 Å². The van der Waals surface area contributed by atoms with Crippen molar-refractivity contribution < 1.29 is 0 Å². The van der Waals surface area contributed by atoms with E-state index in [1.54, 1.807) is 18.0 Å². The quantitative estimate of drug-likeness (QED) is 0.676. The second-order valence-electron chi connectivity index (χ2n) is 3.41. The third-order valence-corrected chi connectivity index (χ3v) is 3.77. The lowest BCUT2D eigenvalue weighted by Crippen LogP contribution is -1.93. The standard InChI is InChI=1S/C12H10Cl2N2S/c13-8-4-5-12(16-6-8)17-7-9-10(14)2-1-3-11(9)15/h1-6H,7,15H2. The normalized spacial score (nSPS) is 10.5. The Morgan fingerprint density at radius 3 is 2.65 bits per heavy atom. The first-order chi connectivity index (χ1) is 8.16. The lowest BCUT2D eigenvalue weighted by molar-refractivity contribution is 1.13. The maximum atomic E-state index is 6.09. The molecule has 1 aromatic heterocycles. The van der Waals surface area contributed by atoms with Gasteiger partial charge in [-0.15, -0.1) is 11.8 Å². The summed E-state index contributed by atoms with van der Waals surface area (Å²) in [5.41, 5.74) is 7.52. The van der Waals surface area contributed by atoms with Gasteiger partial charge < -0.3 is 5.73 Å². The van der Waals surface area contributed by atoms with E-state index < -0.39 is 0 Å². The van der Waals surface area contributed by atoms with Crippen LogP contribution in [0.5, 0.6) is 0 Å². The second-order valence-corrected chi connectivity index (χ2v) is 5.25. The van der Waals surface area contributed by atoms with Crippen molar-refractivity contribution in [1.29, 1.82) is 0 Å². The molecule has 1 heterocycles. The highest BCUT2D eigenvalue weighted by molar-refractivity contribution is 7.98. The van der Waals surface area contributed by atoms with Crippen LogP contribution in [0.25, 0.3) is 0 Å². The molecule has 0 fully saturated rings. The zero-order valence-electron chi connectivity index (χ0n) is 8.86. The van der Waals surface area contributed by atoms with E-state index in [1.165, 1.54) is 0 Å². The number of thioether (sulfide) groups is 1. The van der Waals surface area contributed by atoms with Crippen molar-refractivity contribution in [3.05, 3.63) is 52.1 Å². The number of aromatic nitrogens is 1. The van der Waals surface area contributed by atoms with Gasteiger partial charge in [0.15, 0.2) is 0 Å². The van der Waals surface area contributed by atoms with Crippen molar-refractivity contribution in [1.82, 2.24) is 4.98 Å². The summed E-state index contributed by atoms with van der Waals surface area (Å²) < 4.78 is 0. The fraction of sp³-hybridized carbons (Fsp3) is 0.0833. The molecule has 2 rings (SSSR count). The number of hydrogen-bond donors (Lipinski definition) is 1. The minimum absolute atomic E-state index is 0.631. The third-order valence-electron chi connectivity index (χ3n) is 2.22. The summed E-state index contributed by atoms with van der Waals surface area (Å²) >= 11 is 13.4. The molecule has 88 valence electrons. The molecule has 0 unspecified atom stereocenters. The fourth-order valence-corrected chi connectivity index (χ4v) is 2.67. The molecule has 5 heteroatoms. The second kappa shape index (κ2) is 5.63. The van der Waals surface area contributed by atoms with Gasteiger partial charge >= 0.3 is 0 Å². The van der Waals surface area contributed by atoms with E-state index in [2.05, 4.69) is 4.98 Å². The van der Waals surface area contributed by atoms with Crippen LogP contribution in [0.1, 0.15) is 5.56 Å². The van der Waals surface area contributed by atoms with Crippen LogP contribution in [0.2, 0.25) is 10.0 Å². The highest BCUT2D eigenvalue weighted by Gasteiger charge is 2.05.